The van der Waals surface area contributed by atoms with Crippen LogP contribution >= 0.6 is 0 Å². The first-order chi connectivity index (χ1) is 11.4. The van der Waals surface area contributed by atoms with Crippen LogP contribution in [0.25, 0.3) is 0 Å². The fraction of sp³-hybridized carbons (Fsp3) is 0.400. The number of benzene rings is 2. The molecule has 136 valence electrons. The summed E-state index contributed by atoms with van der Waals surface area (Å²) in [4.78, 5) is 0.135. The molecule has 0 atom stereocenters. The van der Waals surface area contributed by atoms with Crippen LogP contribution in [-0.4, -0.2) is 14.0 Å². The predicted octanol–water partition coefficient (Wildman–Crippen LogP) is 4.93. The Kier molecular flexibility index (Phi) is 5.19. The second-order valence-corrected chi connectivity index (χ2v) is 9.54. The third kappa shape index (κ3) is 5.49. The van der Waals surface area contributed by atoms with Gasteiger partial charge in [0.1, 0.15) is 22.0 Å². The van der Waals surface area contributed by atoms with Crippen molar-refractivity contribution in [2.75, 3.05) is 0 Å². The van der Waals surface area contributed by atoms with E-state index in [1.165, 1.54) is 0 Å². The van der Waals surface area contributed by atoms with Crippen LogP contribution in [0.3, 0.4) is 0 Å². The van der Waals surface area contributed by atoms with Crippen molar-refractivity contribution >= 4 is 10.1 Å². The molecule has 0 saturated heterocycles. The molecule has 0 bridgehead atoms. The van der Waals surface area contributed by atoms with E-state index < -0.39 is 10.1 Å². The molecule has 0 saturated carbocycles. The first kappa shape index (κ1) is 19.3. The van der Waals surface area contributed by atoms with Crippen LogP contribution in [0.4, 0.5) is 0 Å². The summed E-state index contributed by atoms with van der Waals surface area (Å²) >= 11 is 0. The van der Waals surface area contributed by atoms with Gasteiger partial charge in [0.2, 0.25) is 0 Å². The largest absolute Gasteiger partial charge is 0.488 e. The summed E-state index contributed by atoms with van der Waals surface area (Å²) in [6.45, 7) is 12.1. The third-order valence-electron chi connectivity index (χ3n) is 3.46. The van der Waals surface area contributed by atoms with Gasteiger partial charge in [0.05, 0.1) is 0 Å². The van der Waals surface area contributed by atoms with Crippen molar-refractivity contribution in [3.05, 3.63) is 54.1 Å². The first-order valence-corrected chi connectivity index (χ1v) is 9.62. The van der Waals surface area contributed by atoms with Gasteiger partial charge < -0.3 is 8.92 Å². The van der Waals surface area contributed by atoms with Gasteiger partial charge >= 0.3 is 10.1 Å². The van der Waals surface area contributed by atoms with Crippen LogP contribution in [0, 0.1) is 0 Å². The van der Waals surface area contributed by atoms with Gasteiger partial charge in [0, 0.05) is 0 Å². The van der Waals surface area contributed by atoms with Crippen LogP contribution in [0.2, 0.25) is 0 Å². The van der Waals surface area contributed by atoms with Crippen molar-refractivity contribution in [1.29, 1.82) is 0 Å². The lowest BCUT2D eigenvalue weighted by molar-refractivity contribution is 0.131. The highest BCUT2D eigenvalue weighted by Crippen LogP contribution is 2.26. The molecule has 0 heterocycles. The molecule has 0 radical (unpaired) electrons. The van der Waals surface area contributed by atoms with E-state index in [1.54, 1.807) is 36.4 Å². The first-order valence-electron chi connectivity index (χ1n) is 8.21. The quantitative estimate of drug-likeness (QED) is 0.724. The standard InChI is InChI=1S/C20H26O4S/c1-19(2,3)15-7-13-18(14-8-15)25(21,22)24-17-11-9-16(10-12-17)23-20(4,5)6/h7-14H,1-6H3. The molecule has 0 spiro atoms. The second-order valence-electron chi connectivity index (χ2n) is 8.00. The molecule has 0 aliphatic heterocycles. The van der Waals surface area contributed by atoms with E-state index in [2.05, 4.69) is 20.8 Å². The Hall–Kier alpha value is -2.01. The molecule has 0 aliphatic carbocycles. The molecule has 5 heteroatoms. The Bertz CT molecular complexity index is 806. The van der Waals surface area contributed by atoms with Gasteiger partial charge in [-0.1, -0.05) is 32.9 Å². The average Bonchev–Trinajstić information content (AvgIpc) is 2.47. The molecule has 0 N–H and O–H groups in total. The second kappa shape index (κ2) is 6.71. The van der Waals surface area contributed by atoms with Crippen LogP contribution in [0.15, 0.2) is 53.4 Å². The molecule has 25 heavy (non-hydrogen) atoms. The Labute approximate surface area is 150 Å². The molecular formula is C20H26O4S. The van der Waals surface area contributed by atoms with Crippen molar-refractivity contribution in [1.82, 2.24) is 0 Å². The summed E-state index contributed by atoms with van der Waals surface area (Å²) in [7, 11) is -3.86. The van der Waals surface area contributed by atoms with Gasteiger partial charge in [0.15, 0.2) is 0 Å². The van der Waals surface area contributed by atoms with Crippen molar-refractivity contribution < 1.29 is 17.3 Å². The van der Waals surface area contributed by atoms with Crippen LogP contribution in [-0.2, 0) is 15.5 Å². The summed E-state index contributed by atoms with van der Waals surface area (Å²) in [6, 6.07) is 13.3. The van der Waals surface area contributed by atoms with Gasteiger partial charge in [-0.3, -0.25) is 0 Å². The van der Waals surface area contributed by atoms with Gasteiger partial charge in [-0.15, -0.1) is 0 Å². The highest BCUT2D eigenvalue weighted by atomic mass is 32.2. The van der Waals surface area contributed by atoms with E-state index >= 15 is 0 Å². The van der Waals surface area contributed by atoms with Gasteiger partial charge in [-0.05, 0) is 68.1 Å². The molecule has 4 nitrogen and oxygen atoms in total. The van der Waals surface area contributed by atoms with Crippen molar-refractivity contribution in [2.24, 2.45) is 0 Å². The van der Waals surface area contributed by atoms with Crippen molar-refractivity contribution in [3.8, 4) is 11.5 Å². The summed E-state index contributed by atoms with van der Waals surface area (Å²) in [5.74, 6) is 0.910. The molecule has 0 aromatic heterocycles. The summed E-state index contributed by atoms with van der Waals surface area (Å²) in [6.07, 6.45) is 0. The van der Waals surface area contributed by atoms with Gasteiger partial charge in [-0.2, -0.15) is 8.42 Å². The maximum Gasteiger partial charge on any atom is 0.339 e. The van der Waals surface area contributed by atoms with E-state index in [4.69, 9.17) is 8.92 Å². The lowest BCUT2D eigenvalue weighted by Gasteiger charge is -2.21. The number of hydrogen-bond acceptors (Lipinski definition) is 4. The summed E-state index contributed by atoms with van der Waals surface area (Å²) in [5, 5.41) is 0. The molecule has 0 amide bonds. The molecule has 0 aliphatic rings. The van der Waals surface area contributed by atoms with E-state index in [-0.39, 0.29) is 21.7 Å². The minimum Gasteiger partial charge on any atom is -0.488 e. The zero-order valence-electron chi connectivity index (χ0n) is 15.7. The minimum absolute atomic E-state index is 0.0357. The fourth-order valence-electron chi connectivity index (χ4n) is 2.21. The average molecular weight is 362 g/mol. The van der Waals surface area contributed by atoms with E-state index in [1.807, 2.05) is 32.9 Å². The lowest BCUT2D eigenvalue weighted by Crippen LogP contribution is -2.22. The van der Waals surface area contributed by atoms with Crippen molar-refractivity contribution in [2.45, 2.75) is 57.5 Å². The lowest BCUT2D eigenvalue weighted by atomic mass is 9.87. The highest BCUT2D eigenvalue weighted by Gasteiger charge is 2.19. The Morgan fingerprint density at radius 2 is 1.20 bits per heavy atom. The minimum atomic E-state index is -3.86. The topological polar surface area (TPSA) is 52.6 Å². The van der Waals surface area contributed by atoms with E-state index in [0.717, 1.165) is 5.56 Å². The molecular weight excluding hydrogens is 336 g/mol. The predicted molar refractivity (Wildman–Crippen MR) is 99.8 cm³/mol. The number of hydrogen-bond donors (Lipinski definition) is 0. The number of ether oxygens (including phenoxy) is 1. The maximum absolute atomic E-state index is 12.4. The van der Waals surface area contributed by atoms with Gasteiger partial charge in [0.25, 0.3) is 0 Å². The van der Waals surface area contributed by atoms with Crippen LogP contribution < -0.4 is 8.92 Å². The summed E-state index contributed by atoms with van der Waals surface area (Å²) < 4.78 is 35.8. The number of rotatable bonds is 4. The zero-order valence-corrected chi connectivity index (χ0v) is 16.5. The SMILES string of the molecule is CC(C)(C)Oc1ccc(OS(=O)(=O)c2ccc(C(C)(C)C)cc2)cc1. The van der Waals surface area contributed by atoms with E-state index in [0.29, 0.717) is 5.75 Å². The van der Waals surface area contributed by atoms with Crippen molar-refractivity contribution in [3.63, 3.8) is 0 Å². The monoisotopic (exact) mass is 362 g/mol. The Balaban J connectivity index is 2.16. The van der Waals surface area contributed by atoms with Crippen LogP contribution in [0.5, 0.6) is 11.5 Å². The molecule has 2 rings (SSSR count). The maximum atomic E-state index is 12.4. The molecule has 0 fully saturated rings. The van der Waals surface area contributed by atoms with E-state index in [9.17, 15) is 8.42 Å². The molecule has 2 aromatic carbocycles. The third-order valence-corrected chi connectivity index (χ3v) is 4.72. The normalized spacial score (nSPS) is 12.7. The fourth-order valence-corrected chi connectivity index (χ4v) is 3.14. The Morgan fingerprint density at radius 3 is 1.64 bits per heavy atom. The highest BCUT2D eigenvalue weighted by molar-refractivity contribution is 7.87. The Morgan fingerprint density at radius 1 is 0.720 bits per heavy atom. The molecule has 0 unspecified atom stereocenters. The van der Waals surface area contributed by atoms with Gasteiger partial charge in [-0.25, -0.2) is 0 Å². The molecule has 2 aromatic rings. The van der Waals surface area contributed by atoms with Crippen LogP contribution in [0.1, 0.15) is 47.1 Å². The smallest absolute Gasteiger partial charge is 0.339 e. The summed E-state index contributed by atoms with van der Waals surface area (Å²) in [5.41, 5.74) is 0.713. The zero-order chi connectivity index (χ0) is 18.9.